The Morgan fingerprint density at radius 1 is 1.29 bits per heavy atom. The molecule has 0 aromatic heterocycles. The molecule has 5 nitrogen and oxygen atoms in total. The predicted molar refractivity (Wildman–Crippen MR) is 81.8 cm³/mol. The summed E-state index contributed by atoms with van der Waals surface area (Å²) < 4.78 is 26.5. The molecule has 2 rings (SSSR count). The van der Waals surface area contributed by atoms with Crippen molar-refractivity contribution in [2.24, 2.45) is 0 Å². The number of carbonyl (C=O) groups is 1. The Balaban J connectivity index is 2.24. The lowest BCUT2D eigenvalue weighted by Crippen LogP contribution is -2.33. The van der Waals surface area contributed by atoms with Crippen molar-refractivity contribution in [3.05, 3.63) is 29.3 Å². The third-order valence-electron chi connectivity index (χ3n) is 3.79. The average molecular weight is 310 g/mol. The SMILES string of the molecule is CCNS(=O)(=O)c1ccc(C)c(C(=O)NC2CCCC2)c1. The molecule has 1 aliphatic rings. The summed E-state index contributed by atoms with van der Waals surface area (Å²) in [5.74, 6) is -0.187. The maximum atomic E-state index is 12.3. The van der Waals surface area contributed by atoms with E-state index in [4.69, 9.17) is 0 Å². The molecular formula is C15H22N2O3S. The normalized spacial score (nSPS) is 16.1. The maximum absolute atomic E-state index is 12.3. The Morgan fingerprint density at radius 2 is 1.95 bits per heavy atom. The Kier molecular flexibility index (Phi) is 5.00. The van der Waals surface area contributed by atoms with Crippen LogP contribution in [0.15, 0.2) is 23.1 Å². The molecule has 1 fully saturated rings. The molecule has 0 saturated heterocycles. The second-order valence-corrected chi connectivity index (χ2v) is 7.20. The van der Waals surface area contributed by atoms with Crippen LogP contribution in [0.2, 0.25) is 0 Å². The van der Waals surface area contributed by atoms with Crippen LogP contribution in [0.25, 0.3) is 0 Å². The van der Waals surface area contributed by atoms with Gasteiger partial charge in [-0.05, 0) is 37.5 Å². The largest absolute Gasteiger partial charge is 0.349 e. The zero-order valence-electron chi connectivity index (χ0n) is 12.5. The summed E-state index contributed by atoms with van der Waals surface area (Å²) in [5.41, 5.74) is 1.21. The van der Waals surface area contributed by atoms with Gasteiger partial charge in [-0.3, -0.25) is 4.79 Å². The minimum Gasteiger partial charge on any atom is -0.349 e. The highest BCUT2D eigenvalue weighted by molar-refractivity contribution is 7.89. The molecule has 1 saturated carbocycles. The fraction of sp³-hybridized carbons (Fsp3) is 0.533. The number of amides is 1. The lowest BCUT2D eigenvalue weighted by atomic mass is 10.1. The van der Waals surface area contributed by atoms with Crippen LogP contribution in [0, 0.1) is 6.92 Å². The summed E-state index contributed by atoms with van der Waals surface area (Å²) in [4.78, 5) is 12.5. The summed E-state index contributed by atoms with van der Waals surface area (Å²) in [7, 11) is -3.54. The van der Waals surface area contributed by atoms with E-state index in [2.05, 4.69) is 10.0 Å². The molecule has 0 radical (unpaired) electrons. The number of sulfonamides is 1. The Labute approximate surface area is 126 Å². The van der Waals surface area contributed by atoms with Crippen LogP contribution in [0.3, 0.4) is 0 Å². The molecule has 0 heterocycles. The minimum atomic E-state index is -3.54. The molecule has 0 bridgehead atoms. The molecule has 6 heteroatoms. The van der Waals surface area contributed by atoms with Crippen molar-refractivity contribution in [3.63, 3.8) is 0 Å². The predicted octanol–water partition coefficient (Wildman–Crippen LogP) is 1.97. The van der Waals surface area contributed by atoms with Crippen LogP contribution in [0.4, 0.5) is 0 Å². The standard InChI is InChI=1S/C15H22N2O3S/c1-3-16-21(19,20)13-9-8-11(2)14(10-13)15(18)17-12-6-4-5-7-12/h8-10,12,16H,3-7H2,1-2H3,(H,17,18). The molecule has 1 aromatic rings. The average Bonchev–Trinajstić information content (AvgIpc) is 2.91. The molecule has 2 N–H and O–H groups in total. The van der Waals surface area contributed by atoms with Crippen LogP contribution >= 0.6 is 0 Å². The summed E-state index contributed by atoms with van der Waals surface area (Å²) in [6.45, 7) is 3.85. The first-order valence-corrected chi connectivity index (χ1v) is 8.83. The van der Waals surface area contributed by atoms with Gasteiger partial charge in [0.05, 0.1) is 4.90 Å². The fourth-order valence-electron chi connectivity index (χ4n) is 2.62. The van der Waals surface area contributed by atoms with Gasteiger partial charge in [-0.25, -0.2) is 13.1 Å². The first-order chi connectivity index (χ1) is 9.94. The maximum Gasteiger partial charge on any atom is 0.251 e. The van der Waals surface area contributed by atoms with E-state index < -0.39 is 10.0 Å². The third kappa shape index (κ3) is 3.83. The van der Waals surface area contributed by atoms with Gasteiger partial charge in [0, 0.05) is 18.2 Å². The third-order valence-corrected chi connectivity index (χ3v) is 5.33. The van der Waals surface area contributed by atoms with Crippen molar-refractivity contribution in [2.75, 3.05) is 6.54 Å². The van der Waals surface area contributed by atoms with Crippen LogP contribution in [0.1, 0.15) is 48.5 Å². The van der Waals surface area contributed by atoms with E-state index in [1.807, 2.05) is 6.92 Å². The van der Waals surface area contributed by atoms with Gasteiger partial charge < -0.3 is 5.32 Å². The highest BCUT2D eigenvalue weighted by atomic mass is 32.2. The zero-order chi connectivity index (χ0) is 15.5. The van der Waals surface area contributed by atoms with E-state index in [0.717, 1.165) is 31.2 Å². The first kappa shape index (κ1) is 16.0. The summed E-state index contributed by atoms with van der Waals surface area (Å²) >= 11 is 0. The van der Waals surface area contributed by atoms with Crippen molar-refractivity contribution in [2.45, 2.75) is 50.5 Å². The van der Waals surface area contributed by atoms with Gasteiger partial charge in [-0.1, -0.05) is 25.8 Å². The van der Waals surface area contributed by atoms with E-state index in [9.17, 15) is 13.2 Å². The van der Waals surface area contributed by atoms with Crippen molar-refractivity contribution in [3.8, 4) is 0 Å². The van der Waals surface area contributed by atoms with Gasteiger partial charge in [0.15, 0.2) is 0 Å². The summed E-state index contributed by atoms with van der Waals surface area (Å²) in [6, 6.07) is 4.87. The number of hydrogen-bond donors (Lipinski definition) is 2. The van der Waals surface area contributed by atoms with Gasteiger partial charge in [-0.2, -0.15) is 0 Å². The number of rotatable bonds is 5. The Bertz CT molecular complexity index is 620. The fourth-order valence-corrected chi connectivity index (χ4v) is 3.69. The highest BCUT2D eigenvalue weighted by Crippen LogP contribution is 2.20. The molecule has 0 aliphatic heterocycles. The van der Waals surface area contributed by atoms with E-state index >= 15 is 0 Å². The van der Waals surface area contributed by atoms with Crippen molar-refractivity contribution >= 4 is 15.9 Å². The number of aryl methyl sites for hydroxylation is 1. The molecule has 0 atom stereocenters. The Hall–Kier alpha value is -1.40. The number of benzene rings is 1. The molecule has 116 valence electrons. The van der Waals surface area contributed by atoms with Crippen LogP contribution in [-0.4, -0.2) is 26.9 Å². The summed E-state index contributed by atoms with van der Waals surface area (Å²) in [6.07, 6.45) is 4.28. The van der Waals surface area contributed by atoms with Gasteiger partial charge in [0.1, 0.15) is 0 Å². The lowest BCUT2D eigenvalue weighted by Gasteiger charge is -2.14. The zero-order valence-corrected chi connectivity index (χ0v) is 13.3. The minimum absolute atomic E-state index is 0.131. The van der Waals surface area contributed by atoms with Crippen molar-refractivity contribution < 1.29 is 13.2 Å². The molecule has 21 heavy (non-hydrogen) atoms. The molecule has 0 unspecified atom stereocenters. The van der Waals surface area contributed by atoms with Gasteiger partial charge in [0.2, 0.25) is 10.0 Å². The topological polar surface area (TPSA) is 75.3 Å². The van der Waals surface area contributed by atoms with Gasteiger partial charge in [0.25, 0.3) is 5.91 Å². The number of hydrogen-bond acceptors (Lipinski definition) is 3. The summed E-state index contributed by atoms with van der Waals surface area (Å²) in [5, 5.41) is 2.99. The lowest BCUT2D eigenvalue weighted by molar-refractivity contribution is 0.0937. The molecule has 1 amide bonds. The quantitative estimate of drug-likeness (QED) is 0.873. The molecule has 1 aliphatic carbocycles. The van der Waals surface area contributed by atoms with Crippen LogP contribution in [0.5, 0.6) is 0 Å². The van der Waals surface area contributed by atoms with E-state index in [-0.39, 0.29) is 16.8 Å². The molecule has 1 aromatic carbocycles. The first-order valence-electron chi connectivity index (χ1n) is 7.35. The van der Waals surface area contributed by atoms with Crippen molar-refractivity contribution in [1.29, 1.82) is 0 Å². The van der Waals surface area contributed by atoms with Crippen LogP contribution in [-0.2, 0) is 10.0 Å². The van der Waals surface area contributed by atoms with Gasteiger partial charge in [-0.15, -0.1) is 0 Å². The molecule has 0 spiro atoms. The number of nitrogens with one attached hydrogen (secondary N) is 2. The number of carbonyl (C=O) groups excluding carboxylic acids is 1. The van der Waals surface area contributed by atoms with E-state index in [1.165, 1.54) is 12.1 Å². The molecular weight excluding hydrogens is 288 g/mol. The highest BCUT2D eigenvalue weighted by Gasteiger charge is 2.21. The second-order valence-electron chi connectivity index (χ2n) is 5.43. The smallest absolute Gasteiger partial charge is 0.251 e. The second kappa shape index (κ2) is 6.58. The van der Waals surface area contributed by atoms with E-state index in [0.29, 0.717) is 12.1 Å². The van der Waals surface area contributed by atoms with Gasteiger partial charge >= 0.3 is 0 Å². The van der Waals surface area contributed by atoms with Crippen molar-refractivity contribution in [1.82, 2.24) is 10.0 Å². The van der Waals surface area contributed by atoms with Crippen LogP contribution < -0.4 is 10.0 Å². The monoisotopic (exact) mass is 310 g/mol. The van der Waals surface area contributed by atoms with E-state index in [1.54, 1.807) is 13.0 Å². The Morgan fingerprint density at radius 3 is 2.57 bits per heavy atom.